The van der Waals surface area contributed by atoms with Gasteiger partial charge in [-0.15, -0.1) is 0 Å². The Morgan fingerprint density at radius 2 is 2.00 bits per heavy atom. The first-order chi connectivity index (χ1) is 13.5. The summed E-state index contributed by atoms with van der Waals surface area (Å²) in [6.07, 6.45) is 1.62. The van der Waals surface area contributed by atoms with E-state index in [0.29, 0.717) is 17.5 Å². The van der Waals surface area contributed by atoms with Crippen molar-refractivity contribution >= 4 is 22.7 Å². The van der Waals surface area contributed by atoms with Crippen LogP contribution in [0.2, 0.25) is 0 Å². The van der Waals surface area contributed by atoms with E-state index in [1.165, 1.54) is 0 Å². The standard InChI is InChI=1S/C21H19N3O4/c1-13-10-17(14(2)24(13)11-15-6-5-9-27-15)19(25)12-28-21(26)20-16-7-3-4-8-18(16)22-23-20/h3-10H,11-12H2,1-2H3,(H,22,23). The number of aromatic nitrogens is 3. The Morgan fingerprint density at radius 1 is 1.18 bits per heavy atom. The molecule has 4 aromatic rings. The van der Waals surface area contributed by atoms with Gasteiger partial charge in [0.1, 0.15) is 5.76 Å². The normalized spacial score (nSPS) is 11.1. The van der Waals surface area contributed by atoms with Crippen LogP contribution < -0.4 is 0 Å². The molecule has 0 aliphatic carbocycles. The van der Waals surface area contributed by atoms with Gasteiger partial charge in [0.05, 0.1) is 18.3 Å². The molecule has 1 N–H and O–H groups in total. The number of aryl methyl sites for hydroxylation is 1. The van der Waals surface area contributed by atoms with E-state index in [1.807, 2.05) is 48.7 Å². The lowest BCUT2D eigenvalue weighted by molar-refractivity contribution is 0.0470. The summed E-state index contributed by atoms with van der Waals surface area (Å²) in [5, 5.41) is 7.44. The number of carbonyl (C=O) groups is 2. The van der Waals surface area contributed by atoms with E-state index in [0.717, 1.165) is 22.7 Å². The highest BCUT2D eigenvalue weighted by Crippen LogP contribution is 2.19. The number of para-hydroxylation sites is 1. The van der Waals surface area contributed by atoms with Crippen molar-refractivity contribution in [3.8, 4) is 0 Å². The van der Waals surface area contributed by atoms with Crippen LogP contribution in [-0.4, -0.2) is 33.1 Å². The number of hydrogen-bond acceptors (Lipinski definition) is 5. The molecule has 3 heterocycles. The van der Waals surface area contributed by atoms with Gasteiger partial charge in [-0.1, -0.05) is 18.2 Å². The first kappa shape index (κ1) is 17.8. The number of hydrogen-bond donors (Lipinski definition) is 1. The number of benzene rings is 1. The van der Waals surface area contributed by atoms with E-state index in [9.17, 15) is 9.59 Å². The Hall–Kier alpha value is -3.61. The van der Waals surface area contributed by atoms with E-state index in [4.69, 9.17) is 9.15 Å². The number of nitrogens with zero attached hydrogens (tertiary/aromatic N) is 2. The third kappa shape index (κ3) is 3.22. The molecule has 3 aromatic heterocycles. The molecule has 0 fully saturated rings. The Labute approximate surface area is 160 Å². The molecular formula is C21H19N3O4. The molecule has 1 aromatic carbocycles. The molecule has 0 spiro atoms. The maximum Gasteiger partial charge on any atom is 0.359 e. The fourth-order valence-corrected chi connectivity index (χ4v) is 3.28. The van der Waals surface area contributed by atoms with E-state index in [1.54, 1.807) is 18.4 Å². The molecule has 0 atom stereocenters. The molecular weight excluding hydrogens is 358 g/mol. The lowest BCUT2D eigenvalue weighted by Gasteiger charge is -2.08. The average molecular weight is 377 g/mol. The quantitative estimate of drug-likeness (QED) is 0.409. The molecule has 0 aliphatic heterocycles. The fourth-order valence-electron chi connectivity index (χ4n) is 3.28. The molecule has 7 nitrogen and oxygen atoms in total. The van der Waals surface area contributed by atoms with Gasteiger partial charge < -0.3 is 13.7 Å². The van der Waals surface area contributed by atoms with Gasteiger partial charge in [-0.05, 0) is 38.1 Å². The summed E-state index contributed by atoms with van der Waals surface area (Å²) in [5.41, 5.74) is 3.18. The van der Waals surface area contributed by atoms with Crippen LogP contribution in [0.1, 0.15) is 38.0 Å². The van der Waals surface area contributed by atoms with Crippen LogP contribution in [0, 0.1) is 13.8 Å². The van der Waals surface area contributed by atoms with Crippen LogP contribution in [0.25, 0.3) is 10.9 Å². The Morgan fingerprint density at radius 3 is 2.79 bits per heavy atom. The minimum absolute atomic E-state index is 0.173. The maximum atomic E-state index is 12.6. The van der Waals surface area contributed by atoms with Crippen LogP contribution in [0.5, 0.6) is 0 Å². The summed E-state index contributed by atoms with van der Waals surface area (Å²) >= 11 is 0. The number of H-pyrrole nitrogens is 1. The number of ether oxygens (including phenoxy) is 1. The first-order valence-corrected chi connectivity index (χ1v) is 8.87. The number of carbonyl (C=O) groups excluding carboxylic acids is 2. The van der Waals surface area contributed by atoms with Gasteiger partial charge in [0.15, 0.2) is 12.3 Å². The fraction of sp³-hybridized carbons (Fsp3) is 0.190. The maximum absolute atomic E-state index is 12.6. The number of rotatable bonds is 6. The molecule has 0 bridgehead atoms. The molecule has 7 heteroatoms. The number of ketones is 1. The number of esters is 1. The first-order valence-electron chi connectivity index (χ1n) is 8.87. The van der Waals surface area contributed by atoms with Crippen molar-refractivity contribution < 1.29 is 18.7 Å². The van der Waals surface area contributed by atoms with Gasteiger partial charge in [0.2, 0.25) is 5.78 Å². The molecule has 4 rings (SSSR count). The smallest absolute Gasteiger partial charge is 0.359 e. The van der Waals surface area contributed by atoms with Crippen molar-refractivity contribution in [1.82, 2.24) is 14.8 Å². The van der Waals surface area contributed by atoms with Crippen LogP contribution >= 0.6 is 0 Å². The van der Waals surface area contributed by atoms with Crippen molar-refractivity contribution in [2.75, 3.05) is 6.61 Å². The summed E-state index contributed by atoms with van der Waals surface area (Å²) in [4.78, 5) is 25.0. The third-order valence-electron chi connectivity index (χ3n) is 4.77. The molecule has 142 valence electrons. The van der Waals surface area contributed by atoms with E-state index < -0.39 is 5.97 Å². The molecule has 0 amide bonds. The third-order valence-corrected chi connectivity index (χ3v) is 4.77. The molecule has 0 saturated carbocycles. The monoisotopic (exact) mass is 377 g/mol. The van der Waals surface area contributed by atoms with Crippen molar-refractivity contribution in [2.45, 2.75) is 20.4 Å². The lowest BCUT2D eigenvalue weighted by Crippen LogP contribution is -2.15. The summed E-state index contributed by atoms with van der Waals surface area (Å²) in [5.74, 6) is -0.0835. The van der Waals surface area contributed by atoms with E-state index in [2.05, 4.69) is 10.2 Å². The zero-order valence-electron chi connectivity index (χ0n) is 15.6. The van der Waals surface area contributed by atoms with E-state index >= 15 is 0 Å². The van der Waals surface area contributed by atoms with Crippen LogP contribution in [0.15, 0.2) is 53.1 Å². The van der Waals surface area contributed by atoms with E-state index in [-0.39, 0.29) is 18.1 Å². The molecule has 0 saturated heterocycles. The van der Waals surface area contributed by atoms with Gasteiger partial charge in [-0.3, -0.25) is 9.89 Å². The highest BCUT2D eigenvalue weighted by molar-refractivity contribution is 6.04. The number of aromatic amines is 1. The lowest BCUT2D eigenvalue weighted by atomic mass is 10.1. The minimum atomic E-state index is -0.629. The number of nitrogens with one attached hydrogen (secondary N) is 1. The Kier molecular flexibility index (Phi) is 4.57. The predicted octanol–water partition coefficient (Wildman–Crippen LogP) is 3.66. The minimum Gasteiger partial charge on any atom is -0.467 e. The zero-order valence-corrected chi connectivity index (χ0v) is 15.6. The average Bonchev–Trinajstić information content (AvgIpc) is 3.42. The van der Waals surface area contributed by atoms with Gasteiger partial charge in [-0.25, -0.2) is 4.79 Å². The van der Waals surface area contributed by atoms with Crippen LogP contribution in [0.4, 0.5) is 0 Å². The van der Waals surface area contributed by atoms with Gasteiger partial charge in [-0.2, -0.15) is 5.10 Å². The van der Waals surface area contributed by atoms with Crippen molar-refractivity contribution in [2.24, 2.45) is 0 Å². The van der Waals surface area contributed by atoms with Crippen LogP contribution in [0.3, 0.4) is 0 Å². The summed E-state index contributed by atoms with van der Waals surface area (Å²) in [6.45, 7) is 3.99. The van der Waals surface area contributed by atoms with Crippen molar-refractivity contribution in [3.05, 3.63) is 77.1 Å². The molecule has 28 heavy (non-hydrogen) atoms. The molecule has 0 radical (unpaired) electrons. The highest BCUT2D eigenvalue weighted by Gasteiger charge is 2.20. The predicted molar refractivity (Wildman–Crippen MR) is 102 cm³/mol. The molecule has 0 aliphatic rings. The SMILES string of the molecule is Cc1cc(C(=O)COC(=O)c2n[nH]c3ccccc23)c(C)n1Cc1ccco1. The second-order valence-corrected chi connectivity index (χ2v) is 6.57. The van der Waals surface area contributed by atoms with Gasteiger partial charge >= 0.3 is 5.97 Å². The van der Waals surface area contributed by atoms with Crippen LogP contribution in [-0.2, 0) is 11.3 Å². The number of furan rings is 1. The second-order valence-electron chi connectivity index (χ2n) is 6.57. The second kappa shape index (κ2) is 7.19. The molecule has 0 unspecified atom stereocenters. The number of fused-ring (bicyclic) bond motifs is 1. The van der Waals surface area contributed by atoms with Gasteiger partial charge in [0, 0.05) is 22.3 Å². The Bertz CT molecular complexity index is 1150. The van der Waals surface area contributed by atoms with Crippen molar-refractivity contribution in [3.63, 3.8) is 0 Å². The highest BCUT2D eigenvalue weighted by atomic mass is 16.5. The largest absolute Gasteiger partial charge is 0.467 e. The van der Waals surface area contributed by atoms with Gasteiger partial charge in [0.25, 0.3) is 0 Å². The Balaban J connectivity index is 1.47. The number of Topliss-reactive ketones (excluding diaryl/α,β-unsaturated/α-hetero) is 1. The summed E-state index contributed by atoms with van der Waals surface area (Å²) in [7, 11) is 0. The summed E-state index contributed by atoms with van der Waals surface area (Å²) < 4.78 is 12.6. The summed E-state index contributed by atoms with van der Waals surface area (Å²) in [6, 6.07) is 12.8. The van der Waals surface area contributed by atoms with Crippen molar-refractivity contribution in [1.29, 1.82) is 0 Å². The topological polar surface area (TPSA) is 90.1 Å². The zero-order chi connectivity index (χ0) is 19.7.